The summed E-state index contributed by atoms with van der Waals surface area (Å²) in [6.07, 6.45) is 1.91. The molecule has 0 saturated carbocycles. The van der Waals surface area contributed by atoms with E-state index < -0.39 is 0 Å². The molecule has 0 radical (unpaired) electrons. The minimum absolute atomic E-state index is 0.102. The van der Waals surface area contributed by atoms with Crippen LogP contribution in [0.25, 0.3) is 60.9 Å². The van der Waals surface area contributed by atoms with E-state index in [-0.39, 0.29) is 5.41 Å². The monoisotopic (exact) mass is 734 g/mol. The van der Waals surface area contributed by atoms with Gasteiger partial charge < -0.3 is 14.2 Å². The fourth-order valence-corrected chi connectivity index (χ4v) is 9.61. The zero-order valence-electron chi connectivity index (χ0n) is 32.2. The van der Waals surface area contributed by atoms with Crippen molar-refractivity contribution in [2.45, 2.75) is 32.1 Å². The summed E-state index contributed by atoms with van der Waals surface area (Å²) in [6, 6.07) is 66.7. The summed E-state index contributed by atoms with van der Waals surface area (Å²) in [5, 5.41) is 2.56. The molecule has 0 spiro atoms. The zero-order valence-corrected chi connectivity index (χ0v) is 32.2. The highest BCUT2D eigenvalue weighted by molar-refractivity contribution is 6.12. The number of para-hydroxylation sites is 2. The minimum atomic E-state index is -0.102. The van der Waals surface area contributed by atoms with Crippen LogP contribution >= 0.6 is 0 Å². The van der Waals surface area contributed by atoms with Crippen LogP contribution in [0.4, 0.5) is 17.1 Å². The lowest BCUT2D eigenvalue weighted by Gasteiger charge is -2.28. The Kier molecular flexibility index (Phi) is 7.72. The molecule has 2 heterocycles. The van der Waals surface area contributed by atoms with Gasteiger partial charge in [0.25, 0.3) is 0 Å². The van der Waals surface area contributed by atoms with E-state index in [0.717, 1.165) is 46.9 Å². The summed E-state index contributed by atoms with van der Waals surface area (Å²) in [4.78, 5) is 2.41. The molecule has 2 aliphatic rings. The average molecular weight is 735 g/mol. The highest BCUT2D eigenvalue weighted by Gasteiger charge is 2.35. The summed E-state index contributed by atoms with van der Waals surface area (Å²) >= 11 is 0. The maximum atomic E-state index is 6.25. The molecule has 0 saturated heterocycles. The van der Waals surface area contributed by atoms with Crippen molar-refractivity contribution in [3.8, 4) is 44.8 Å². The Hall–Kier alpha value is -6.84. The van der Waals surface area contributed by atoms with Gasteiger partial charge in [0.15, 0.2) is 0 Å². The number of hydrogen-bond donors (Lipinski definition) is 0. The van der Waals surface area contributed by atoms with Gasteiger partial charge in [-0.2, -0.15) is 0 Å². The van der Waals surface area contributed by atoms with Crippen molar-refractivity contribution in [3.63, 3.8) is 0 Å². The summed E-state index contributed by atoms with van der Waals surface area (Å²) in [5.74, 6) is 0.959. The molecule has 0 atom stereocenters. The summed E-state index contributed by atoms with van der Waals surface area (Å²) < 4.78 is 8.74. The molecule has 3 heteroatoms. The number of nitrogens with zero attached hydrogens (tertiary/aromatic N) is 2. The molecule has 1 aliphatic carbocycles. The van der Waals surface area contributed by atoms with Crippen LogP contribution < -0.4 is 9.64 Å². The fourth-order valence-electron chi connectivity index (χ4n) is 9.61. The lowest BCUT2D eigenvalue weighted by Crippen LogP contribution is -2.16. The molecule has 57 heavy (non-hydrogen) atoms. The number of aryl methyl sites for hydroxylation is 1. The van der Waals surface area contributed by atoms with E-state index in [1.807, 2.05) is 0 Å². The number of benzene rings is 8. The molecule has 9 aromatic rings. The summed E-state index contributed by atoms with van der Waals surface area (Å²) in [7, 11) is 0. The maximum absolute atomic E-state index is 6.25. The van der Waals surface area contributed by atoms with E-state index in [1.165, 1.54) is 66.3 Å². The van der Waals surface area contributed by atoms with Crippen LogP contribution in [0, 0.1) is 0 Å². The van der Waals surface area contributed by atoms with E-state index in [2.05, 4.69) is 205 Å². The number of rotatable bonds is 5. The largest absolute Gasteiger partial charge is 0.493 e. The van der Waals surface area contributed by atoms with Gasteiger partial charge in [0.05, 0.1) is 17.6 Å². The predicted octanol–water partition coefficient (Wildman–Crippen LogP) is 14.2. The third kappa shape index (κ3) is 5.33. The SMILES string of the molecule is CC1(C)c2ccccc2-c2ccc(N(c3ccc(-c4ccccc4)cc3)c3ccc(-n4c5ccccc5c5ccc6c(c54)CCCOc4ccccc4-6)cc3)cc21. The molecule has 274 valence electrons. The van der Waals surface area contributed by atoms with Gasteiger partial charge in [0, 0.05) is 44.5 Å². The van der Waals surface area contributed by atoms with Crippen LogP contribution in [-0.2, 0) is 11.8 Å². The van der Waals surface area contributed by atoms with Crippen molar-refractivity contribution in [1.29, 1.82) is 0 Å². The van der Waals surface area contributed by atoms with Gasteiger partial charge in [-0.1, -0.05) is 135 Å². The lowest BCUT2D eigenvalue weighted by atomic mass is 9.82. The number of hydrogen-bond acceptors (Lipinski definition) is 2. The first kappa shape index (κ1) is 33.5. The van der Waals surface area contributed by atoms with E-state index in [1.54, 1.807) is 0 Å². The highest BCUT2D eigenvalue weighted by Crippen LogP contribution is 2.51. The fraction of sp³-hybridized carbons (Fsp3) is 0.111. The number of fused-ring (bicyclic) bond motifs is 10. The third-order valence-electron chi connectivity index (χ3n) is 12.4. The second-order valence-corrected chi connectivity index (χ2v) is 16.0. The zero-order chi connectivity index (χ0) is 38.1. The first-order chi connectivity index (χ1) is 28.0. The van der Waals surface area contributed by atoms with Gasteiger partial charge in [-0.15, -0.1) is 0 Å². The Bertz CT molecular complexity index is 2970. The highest BCUT2D eigenvalue weighted by atomic mass is 16.5. The van der Waals surface area contributed by atoms with Crippen LogP contribution in [0.5, 0.6) is 5.75 Å². The van der Waals surface area contributed by atoms with Crippen molar-refractivity contribution in [2.75, 3.05) is 11.5 Å². The van der Waals surface area contributed by atoms with Crippen LogP contribution in [0.2, 0.25) is 0 Å². The first-order valence-corrected chi connectivity index (χ1v) is 20.1. The van der Waals surface area contributed by atoms with Gasteiger partial charge in [0.1, 0.15) is 5.75 Å². The Balaban J connectivity index is 1.07. The smallest absolute Gasteiger partial charge is 0.127 e. The second-order valence-electron chi connectivity index (χ2n) is 16.0. The molecule has 0 unspecified atom stereocenters. The minimum Gasteiger partial charge on any atom is -0.493 e. The molecule has 1 aliphatic heterocycles. The Morgan fingerprint density at radius 3 is 1.96 bits per heavy atom. The van der Waals surface area contributed by atoms with E-state index >= 15 is 0 Å². The average Bonchev–Trinajstić information content (AvgIpc) is 3.71. The van der Waals surface area contributed by atoms with Crippen molar-refractivity contribution in [1.82, 2.24) is 4.57 Å². The standard InChI is InChI=1S/C54H42N2O/c1-54(2)49-19-9-6-15-43(49)44-31-30-41(35-50(44)54)55(38-24-22-37(23-25-38)36-13-4-3-5-14-36)39-26-28-40(29-27-39)56-51-20-10-7-16-45(51)48-33-32-42-46-17-8-11-21-52(46)57-34-12-18-47(42)53(48)56/h3-11,13-17,19-33,35H,12,18,34H2,1-2H3. The molecule has 1 aromatic heterocycles. The van der Waals surface area contributed by atoms with Gasteiger partial charge in [-0.25, -0.2) is 0 Å². The Labute approximate surface area is 334 Å². The van der Waals surface area contributed by atoms with Gasteiger partial charge in [0.2, 0.25) is 0 Å². The molecule has 0 amide bonds. The Morgan fingerprint density at radius 2 is 1.14 bits per heavy atom. The summed E-state index contributed by atoms with van der Waals surface area (Å²) in [5.41, 5.74) is 18.5. The lowest BCUT2D eigenvalue weighted by molar-refractivity contribution is 0.310. The topological polar surface area (TPSA) is 17.4 Å². The number of anilines is 3. The normalized spacial score (nSPS) is 13.9. The van der Waals surface area contributed by atoms with Gasteiger partial charge in [-0.3, -0.25) is 0 Å². The molecule has 0 N–H and O–H groups in total. The number of ether oxygens (including phenoxy) is 1. The van der Waals surface area contributed by atoms with Crippen molar-refractivity contribution in [2.24, 2.45) is 0 Å². The molecule has 3 nitrogen and oxygen atoms in total. The molecular weight excluding hydrogens is 693 g/mol. The Morgan fingerprint density at radius 1 is 0.509 bits per heavy atom. The number of aromatic nitrogens is 1. The molecule has 0 fully saturated rings. The van der Waals surface area contributed by atoms with Crippen molar-refractivity contribution < 1.29 is 4.74 Å². The molecule has 8 aromatic carbocycles. The van der Waals surface area contributed by atoms with Crippen molar-refractivity contribution in [3.05, 3.63) is 199 Å². The van der Waals surface area contributed by atoms with Gasteiger partial charge >= 0.3 is 0 Å². The molecule has 0 bridgehead atoms. The van der Waals surface area contributed by atoms with Crippen LogP contribution in [-0.4, -0.2) is 11.2 Å². The molecular formula is C54H42N2O. The first-order valence-electron chi connectivity index (χ1n) is 20.1. The van der Waals surface area contributed by atoms with Crippen molar-refractivity contribution >= 4 is 38.9 Å². The summed E-state index contributed by atoms with van der Waals surface area (Å²) in [6.45, 7) is 5.42. The van der Waals surface area contributed by atoms with E-state index in [4.69, 9.17) is 4.74 Å². The maximum Gasteiger partial charge on any atom is 0.127 e. The van der Waals surface area contributed by atoms with E-state index in [9.17, 15) is 0 Å². The predicted molar refractivity (Wildman–Crippen MR) is 238 cm³/mol. The quantitative estimate of drug-likeness (QED) is 0.175. The second kappa shape index (κ2) is 13.1. The van der Waals surface area contributed by atoms with Crippen LogP contribution in [0.1, 0.15) is 37.0 Å². The van der Waals surface area contributed by atoms with Gasteiger partial charge in [-0.05, 0) is 118 Å². The van der Waals surface area contributed by atoms with E-state index in [0.29, 0.717) is 6.61 Å². The van der Waals surface area contributed by atoms with Crippen LogP contribution in [0.3, 0.4) is 0 Å². The third-order valence-corrected chi connectivity index (χ3v) is 12.4. The van der Waals surface area contributed by atoms with Crippen LogP contribution in [0.15, 0.2) is 182 Å². The molecule has 11 rings (SSSR count).